The fourth-order valence-corrected chi connectivity index (χ4v) is 0.259. The van der Waals surface area contributed by atoms with Crippen LogP contribution in [0.15, 0.2) is 0 Å². The molecule has 0 bridgehead atoms. The quantitative estimate of drug-likeness (QED) is 0.296. The normalized spacial score (nSPS) is 9.90. The minimum Gasteiger partial charge on any atom is -0.504 e. The Hall–Kier alpha value is 1.54. The predicted octanol–water partition coefficient (Wildman–Crippen LogP) is -1.60. The van der Waals surface area contributed by atoms with E-state index in [1.165, 1.54) is 0 Å². The first-order valence-corrected chi connectivity index (χ1v) is 2.64. The van der Waals surface area contributed by atoms with Gasteiger partial charge in [-0.3, -0.25) is 0 Å². The molecule has 0 rings (SSSR count). The maximum Gasteiger partial charge on any atom is 1.00 e. The van der Waals surface area contributed by atoms with Gasteiger partial charge in [-0.1, -0.05) is 0 Å². The van der Waals surface area contributed by atoms with Gasteiger partial charge < -0.3 is 29.6 Å². The fraction of sp³-hybridized carbons (Fsp3) is 0.667. The fourth-order valence-electron chi connectivity index (χ4n) is 0.141. The van der Waals surface area contributed by atoms with Crippen LogP contribution in [0.25, 0.3) is 0 Å². The Morgan fingerprint density at radius 2 is 1.90 bits per heavy atom. The summed E-state index contributed by atoms with van der Waals surface area (Å²) in [4.78, 5) is 0. The van der Waals surface area contributed by atoms with E-state index in [2.05, 4.69) is 29.6 Å². The standard InChI is InChI=1S/C3H3F3OS2.K/c4-3(5,6)1-7-2(8)9;/h1H2,(H,8,9);/q;+1/p-1. The Kier molecular flexibility index (Phi) is 8.59. The van der Waals surface area contributed by atoms with Crippen molar-refractivity contribution in [2.45, 2.75) is 6.18 Å². The van der Waals surface area contributed by atoms with Crippen molar-refractivity contribution < 1.29 is 69.3 Å². The molecule has 0 heterocycles. The molecule has 0 unspecified atom stereocenters. The third-order valence-electron chi connectivity index (χ3n) is 0.354. The number of hydrogen-bond donors (Lipinski definition) is 0. The Labute approximate surface area is 110 Å². The summed E-state index contributed by atoms with van der Waals surface area (Å²) in [7, 11) is 0. The molecule has 0 aliphatic heterocycles. The summed E-state index contributed by atoms with van der Waals surface area (Å²) < 4.78 is 36.9. The van der Waals surface area contributed by atoms with E-state index in [9.17, 15) is 13.2 Å². The van der Waals surface area contributed by atoms with Crippen molar-refractivity contribution in [2.75, 3.05) is 6.61 Å². The van der Waals surface area contributed by atoms with Crippen LogP contribution in [0.4, 0.5) is 13.2 Å². The number of ether oxygens (including phenoxy) is 1. The van der Waals surface area contributed by atoms with Gasteiger partial charge in [0.1, 0.15) is 0 Å². The summed E-state index contributed by atoms with van der Waals surface area (Å²) in [6.07, 6.45) is -4.34. The zero-order valence-electron chi connectivity index (χ0n) is 5.07. The average Bonchev–Trinajstić information content (AvgIpc) is 1.59. The van der Waals surface area contributed by atoms with E-state index < -0.39 is 17.2 Å². The van der Waals surface area contributed by atoms with Crippen LogP contribution in [0.2, 0.25) is 0 Å². The second kappa shape index (κ2) is 6.10. The smallest absolute Gasteiger partial charge is 0.504 e. The van der Waals surface area contributed by atoms with Crippen molar-refractivity contribution >= 4 is 29.2 Å². The molecule has 0 fully saturated rings. The van der Waals surface area contributed by atoms with Crippen molar-refractivity contribution in [3.8, 4) is 0 Å². The number of halogens is 3. The van der Waals surface area contributed by atoms with Gasteiger partial charge in [-0.2, -0.15) is 13.2 Å². The minimum atomic E-state index is -4.34. The van der Waals surface area contributed by atoms with Crippen LogP contribution in [0, 0.1) is 0 Å². The third-order valence-corrected chi connectivity index (χ3v) is 0.589. The van der Waals surface area contributed by atoms with Gasteiger partial charge in [0.25, 0.3) is 0 Å². The van der Waals surface area contributed by atoms with Crippen molar-refractivity contribution in [3.05, 3.63) is 0 Å². The average molecular weight is 214 g/mol. The van der Waals surface area contributed by atoms with Crippen molar-refractivity contribution in [3.63, 3.8) is 0 Å². The van der Waals surface area contributed by atoms with Crippen LogP contribution in [0.1, 0.15) is 0 Å². The number of alkyl halides is 3. The Morgan fingerprint density at radius 1 is 1.50 bits per heavy atom. The molecule has 0 saturated heterocycles. The summed E-state index contributed by atoms with van der Waals surface area (Å²) in [5.74, 6) is 0. The molecule has 0 radical (unpaired) electrons. The summed E-state index contributed by atoms with van der Waals surface area (Å²) in [5.41, 5.74) is 0. The van der Waals surface area contributed by atoms with Gasteiger partial charge in [0, 0.05) is 4.38 Å². The molecule has 0 aromatic heterocycles. The summed E-state index contributed by atoms with van der Waals surface area (Å²) in [6.45, 7) is -1.39. The summed E-state index contributed by atoms with van der Waals surface area (Å²) in [5, 5.41) is 0. The predicted molar refractivity (Wildman–Crippen MR) is 32.0 cm³/mol. The summed E-state index contributed by atoms with van der Waals surface area (Å²) >= 11 is 8.11. The number of thiocarbonyl (C=S) groups is 1. The van der Waals surface area contributed by atoms with Crippen LogP contribution >= 0.6 is 12.2 Å². The summed E-state index contributed by atoms with van der Waals surface area (Å²) in [6, 6.07) is 0. The molecule has 1 nitrogen and oxygen atoms in total. The molecule has 10 heavy (non-hydrogen) atoms. The Morgan fingerprint density at radius 3 is 2.00 bits per heavy atom. The second-order valence-electron chi connectivity index (χ2n) is 1.15. The molecule has 0 amide bonds. The molecule has 0 atom stereocenters. The SMILES string of the molecule is FC(F)(F)COC(=S)[S-].[K+]. The van der Waals surface area contributed by atoms with E-state index in [4.69, 9.17) is 0 Å². The van der Waals surface area contributed by atoms with Crippen LogP contribution in [0.5, 0.6) is 0 Å². The van der Waals surface area contributed by atoms with Gasteiger partial charge >= 0.3 is 57.6 Å². The third kappa shape index (κ3) is 12.2. The number of rotatable bonds is 1. The first-order chi connectivity index (χ1) is 3.92. The number of hydrogen-bond acceptors (Lipinski definition) is 3. The van der Waals surface area contributed by atoms with Crippen molar-refractivity contribution in [1.29, 1.82) is 0 Å². The van der Waals surface area contributed by atoms with Gasteiger partial charge in [0.05, 0.1) is 0 Å². The van der Waals surface area contributed by atoms with Crippen molar-refractivity contribution in [1.82, 2.24) is 0 Å². The van der Waals surface area contributed by atoms with E-state index in [0.29, 0.717) is 0 Å². The van der Waals surface area contributed by atoms with Gasteiger partial charge in [-0.15, -0.1) is 0 Å². The van der Waals surface area contributed by atoms with E-state index in [-0.39, 0.29) is 51.4 Å². The maximum atomic E-state index is 11.2. The molecule has 0 spiro atoms. The zero-order chi connectivity index (χ0) is 7.49. The topological polar surface area (TPSA) is 9.23 Å². The van der Waals surface area contributed by atoms with Crippen LogP contribution in [-0.4, -0.2) is 17.2 Å². The van der Waals surface area contributed by atoms with E-state index in [0.717, 1.165) is 0 Å². The van der Waals surface area contributed by atoms with Gasteiger partial charge in [-0.25, -0.2) is 0 Å². The molecule has 0 aliphatic rings. The zero-order valence-corrected chi connectivity index (χ0v) is 9.82. The maximum absolute atomic E-state index is 11.2. The van der Waals surface area contributed by atoms with Gasteiger partial charge in [-0.05, 0) is 0 Å². The monoisotopic (exact) mass is 214 g/mol. The molecule has 0 aromatic rings. The molecule has 54 valence electrons. The molecular formula is C3H2F3KOS2. The van der Waals surface area contributed by atoms with E-state index >= 15 is 0 Å². The molecule has 7 heteroatoms. The molecule has 0 aromatic carbocycles. The molecule has 0 saturated carbocycles. The Bertz CT molecular complexity index is 115. The largest absolute Gasteiger partial charge is 1.00 e. The van der Waals surface area contributed by atoms with Crippen molar-refractivity contribution in [2.24, 2.45) is 0 Å². The molecule has 0 N–H and O–H groups in total. The second-order valence-corrected chi connectivity index (χ2v) is 2.15. The van der Waals surface area contributed by atoms with Gasteiger partial charge in [0.2, 0.25) is 0 Å². The van der Waals surface area contributed by atoms with Gasteiger partial charge in [0.15, 0.2) is 6.61 Å². The van der Waals surface area contributed by atoms with E-state index in [1.807, 2.05) is 0 Å². The minimum absolute atomic E-state index is 0. The first kappa shape index (κ1) is 14.1. The van der Waals surface area contributed by atoms with E-state index in [1.54, 1.807) is 0 Å². The molecular weight excluding hydrogens is 212 g/mol. The van der Waals surface area contributed by atoms with Crippen LogP contribution < -0.4 is 51.4 Å². The van der Waals surface area contributed by atoms with Crippen LogP contribution in [-0.2, 0) is 17.4 Å². The molecule has 0 aliphatic carbocycles. The van der Waals surface area contributed by atoms with Crippen LogP contribution in [0.3, 0.4) is 0 Å². The first-order valence-electron chi connectivity index (χ1n) is 1.82. The Balaban J connectivity index is 0.